The molecule has 2 N–H and O–H groups in total. The van der Waals surface area contributed by atoms with Gasteiger partial charge in [-0.25, -0.2) is 0 Å². The molecule has 0 aliphatic carbocycles. The summed E-state index contributed by atoms with van der Waals surface area (Å²) in [5.41, 5.74) is 6.94. The Kier molecular flexibility index (Phi) is 4.32. The number of aliphatic imine (C=N–C) groups is 1. The molecule has 18 heavy (non-hydrogen) atoms. The second-order valence-electron chi connectivity index (χ2n) is 4.07. The van der Waals surface area contributed by atoms with Crippen LogP contribution in [0, 0.1) is 0 Å². The van der Waals surface area contributed by atoms with Crippen molar-refractivity contribution in [2.24, 2.45) is 10.7 Å². The van der Waals surface area contributed by atoms with Gasteiger partial charge in [0.1, 0.15) is 0 Å². The highest BCUT2D eigenvalue weighted by Crippen LogP contribution is 2.30. The van der Waals surface area contributed by atoms with Crippen LogP contribution in [0.3, 0.4) is 0 Å². The third-order valence-corrected chi connectivity index (χ3v) is 3.70. The normalized spacial score (nSPS) is 19.2. The Balaban J connectivity index is 2.19. The second-order valence-corrected chi connectivity index (χ2v) is 4.89. The van der Waals surface area contributed by atoms with Crippen molar-refractivity contribution >= 4 is 29.2 Å². The molecule has 98 valence electrons. The Morgan fingerprint density at radius 3 is 2.89 bits per heavy atom. The molecule has 1 aliphatic heterocycles. The van der Waals surface area contributed by atoms with Crippen LogP contribution in [-0.2, 0) is 4.74 Å². The summed E-state index contributed by atoms with van der Waals surface area (Å²) in [6, 6.07) is 5.72. The zero-order valence-electron chi connectivity index (χ0n) is 10.1. The van der Waals surface area contributed by atoms with Crippen molar-refractivity contribution in [2.45, 2.75) is 6.04 Å². The maximum absolute atomic E-state index is 6.04. The molecule has 1 atom stereocenters. The largest absolute Gasteiger partial charge is 0.383 e. The van der Waals surface area contributed by atoms with Crippen LogP contribution in [0.2, 0.25) is 10.0 Å². The molecule has 0 saturated heterocycles. The van der Waals surface area contributed by atoms with Crippen molar-refractivity contribution in [1.29, 1.82) is 0 Å². The third-order valence-electron chi connectivity index (χ3n) is 2.96. The van der Waals surface area contributed by atoms with Gasteiger partial charge in [0.25, 0.3) is 0 Å². The highest BCUT2D eigenvalue weighted by Gasteiger charge is 2.27. The van der Waals surface area contributed by atoms with Gasteiger partial charge in [0, 0.05) is 13.7 Å². The first-order chi connectivity index (χ1) is 8.63. The summed E-state index contributed by atoms with van der Waals surface area (Å²) in [4.78, 5) is 6.29. The van der Waals surface area contributed by atoms with E-state index >= 15 is 0 Å². The van der Waals surface area contributed by atoms with Gasteiger partial charge in [0.05, 0.1) is 29.2 Å². The van der Waals surface area contributed by atoms with Crippen LogP contribution >= 0.6 is 23.2 Å². The number of methoxy groups -OCH3 is 1. The molecule has 0 saturated carbocycles. The molecular formula is C12H15Cl2N3O. The summed E-state index contributed by atoms with van der Waals surface area (Å²) in [6.45, 7) is 1.94. The van der Waals surface area contributed by atoms with E-state index < -0.39 is 0 Å². The van der Waals surface area contributed by atoms with Gasteiger partial charge in [-0.05, 0) is 17.7 Å². The van der Waals surface area contributed by atoms with Crippen molar-refractivity contribution in [1.82, 2.24) is 4.90 Å². The quantitative estimate of drug-likeness (QED) is 0.925. The van der Waals surface area contributed by atoms with Gasteiger partial charge < -0.3 is 15.4 Å². The molecule has 2 rings (SSSR count). The van der Waals surface area contributed by atoms with Gasteiger partial charge in [-0.15, -0.1) is 0 Å². The summed E-state index contributed by atoms with van der Waals surface area (Å²) in [5, 5.41) is 1.10. The number of hydrogen-bond donors (Lipinski definition) is 1. The lowest BCUT2D eigenvalue weighted by Crippen LogP contribution is -2.38. The number of hydrogen-bond acceptors (Lipinski definition) is 4. The van der Waals surface area contributed by atoms with Crippen molar-refractivity contribution in [3.63, 3.8) is 0 Å². The lowest BCUT2D eigenvalue weighted by molar-refractivity contribution is 0.166. The van der Waals surface area contributed by atoms with E-state index in [-0.39, 0.29) is 6.04 Å². The molecule has 0 radical (unpaired) electrons. The van der Waals surface area contributed by atoms with Crippen LogP contribution in [-0.4, -0.2) is 37.7 Å². The zero-order valence-corrected chi connectivity index (χ0v) is 11.6. The monoisotopic (exact) mass is 287 g/mol. The zero-order chi connectivity index (χ0) is 13.1. The summed E-state index contributed by atoms with van der Waals surface area (Å²) in [6.07, 6.45) is 0. The molecule has 6 heteroatoms. The topological polar surface area (TPSA) is 50.9 Å². The lowest BCUT2D eigenvalue weighted by atomic mass is 10.1. The van der Waals surface area contributed by atoms with E-state index in [0.717, 1.165) is 5.56 Å². The first-order valence-electron chi connectivity index (χ1n) is 5.64. The Morgan fingerprint density at radius 1 is 1.44 bits per heavy atom. The highest BCUT2D eigenvalue weighted by atomic mass is 35.5. The number of nitrogens with two attached hydrogens (primary N) is 1. The molecule has 4 nitrogen and oxygen atoms in total. The molecule has 1 unspecified atom stereocenters. The number of benzene rings is 1. The van der Waals surface area contributed by atoms with E-state index in [2.05, 4.69) is 4.99 Å². The first kappa shape index (κ1) is 13.5. The van der Waals surface area contributed by atoms with Crippen molar-refractivity contribution in [3.8, 4) is 0 Å². The standard InChI is InChI=1S/C12H15Cl2N3O/c1-18-5-4-17-11(7-16-12(17)15)8-2-3-9(13)10(14)6-8/h2-3,6,11H,4-5,7H2,1H3,(H2,15,16). The molecule has 1 aromatic rings. The predicted octanol–water partition coefficient (Wildman–Crippen LogP) is 2.31. The molecule has 0 amide bonds. The van der Waals surface area contributed by atoms with E-state index in [9.17, 15) is 0 Å². The van der Waals surface area contributed by atoms with E-state index in [4.69, 9.17) is 33.7 Å². The van der Waals surface area contributed by atoms with Gasteiger partial charge in [0.2, 0.25) is 0 Å². The van der Waals surface area contributed by atoms with Gasteiger partial charge in [-0.3, -0.25) is 4.99 Å². The van der Waals surface area contributed by atoms with Crippen LogP contribution in [0.4, 0.5) is 0 Å². The molecule has 0 fully saturated rings. The first-order valence-corrected chi connectivity index (χ1v) is 6.39. The number of ether oxygens (including phenoxy) is 1. The molecular weight excluding hydrogens is 273 g/mol. The Morgan fingerprint density at radius 2 is 2.22 bits per heavy atom. The third kappa shape index (κ3) is 2.71. The summed E-state index contributed by atoms with van der Waals surface area (Å²) >= 11 is 12.0. The minimum absolute atomic E-state index is 0.106. The van der Waals surface area contributed by atoms with Crippen LogP contribution in [0.25, 0.3) is 0 Å². The SMILES string of the molecule is COCCN1C(N)=NCC1c1ccc(Cl)c(Cl)c1. The average molecular weight is 288 g/mol. The van der Waals surface area contributed by atoms with Gasteiger partial charge in [-0.2, -0.15) is 0 Å². The fourth-order valence-electron chi connectivity index (χ4n) is 1.99. The molecule has 0 aromatic heterocycles. The van der Waals surface area contributed by atoms with Gasteiger partial charge in [0.15, 0.2) is 5.96 Å². The van der Waals surface area contributed by atoms with E-state index in [1.54, 1.807) is 13.2 Å². The van der Waals surface area contributed by atoms with Crippen molar-refractivity contribution < 1.29 is 4.74 Å². The minimum Gasteiger partial charge on any atom is -0.383 e. The van der Waals surface area contributed by atoms with Gasteiger partial charge >= 0.3 is 0 Å². The maximum atomic E-state index is 6.04. The van der Waals surface area contributed by atoms with Crippen LogP contribution in [0.5, 0.6) is 0 Å². The number of rotatable bonds is 4. The molecule has 1 heterocycles. The second kappa shape index (κ2) is 5.78. The molecule has 1 aromatic carbocycles. The van der Waals surface area contributed by atoms with Crippen molar-refractivity contribution in [3.05, 3.63) is 33.8 Å². The van der Waals surface area contributed by atoms with Crippen LogP contribution < -0.4 is 5.73 Å². The number of halogens is 2. The Hall–Kier alpha value is -0.970. The number of guanidine groups is 1. The fourth-order valence-corrected chi connectivity index (χ4v) is 2.30. The van der Waals surface area contributed by atoms with Gasteiger partial charge in [-0.1, -0.05) is 29.3 Å². The van der Waals surface area contributed by atoms with E-state index in [1.807, 2.05) is 17.0 Å². The summed E-state index contributed by atoms with van der Waals surface area (Å²) in [7, 11) is 1.66. The average Bonchev–Trinajstić information content (AvgIpc) is 2.72. The lowest BCUT2D eigenvalue weighted by Gasteiger charge is -2.26. The van der Waals surface area contributed by atoms with Crippen LogP contribution in [0.1, 0.15) is 11.6 Å². The van der Waals surface area contributed by atoms with E-state index in [0.29, 0.717) is 35.7 Å². The molecule has 1 aliphatic rings. The molecule has 0 bridgehead atoms. The van der Waals surface area contributed by atoms with Crippen LogP contribution in [0.15, 0.2) is 23.2 Å². The predicted molar refractivity (Wildman–Crippen MR) is 74.3 cm³/mol. The summed E-state index contributed by atoms with van der Waals surface area (Å²) < 4.78 is 5.08. The number of nitrogens with zero attached hydrogens (tertiary/aromatic N) is 2. The summed E-state index contributed by atoms with van der Waals surface area (Å²) in [5.74, 6) is 0.545. The molecule has 0 spiro atoms. The van der Waals surface area contributed by atoms with E-state index in [1.165, 1.54) is 0 Å². The smallest absolute Gasteiger partial charge is 0.192 e. The Labute approximate surface area is 116 Å². The Bertz CT molecular complexity index is 465. The minimum atomic E-state index is 0.106. The highest BCUT2D eigenvalue weighted by molar-refractivity contribution is 6.42. The fraction of sp³-hybridized carbons (Fsp3) is 0.417. The maximum Gasteiger partial charge on any atom is 0.192 e. The van der Waals surface area contributed by atoms with Crippen molar-refractivity contribution in [2.75, 3.05) is 26.8 Å².